The number of rotatable bonds is 4. The number of aromatic hydroxyl groups is 1. The van der Waals surface area contributed by atoms with Crippen LogP contribution in [0, 0.1) is 0 Å². The van der Waals surface area contributed by atoms with Crippen LogP contribution in [0.15, 0.2) is 54.6 Å². The highest BCUT2D eigenvalue weighted by molar-refractivity contribution is 8.20. The number of hydrogen-bond acceptors (Lipinski definition) is 4. The molecule has 0 radical (unpaired) electrons. The van der Waals surface area contributed by atoms with Gasteiger partial charge in [0.15, 0.2) is 0 Å². The first-order valence-corrected chi connectivity index (χ1v) is 8.98. The fourth-order valence-electron chi connectivity index (χ4n) is 2.68. The van der Waals surface area contributed by atoms with Crippen molar-refractivity contribution in [3.8, 4) is 5.75 Å². The highest BCUT2D eigenvalue weighted by atomic mass is 32.2. The van der Waals surface area contributed by atoms with E-state index in [4.69, 9.17) is 0 Å². The van der Waals surface area contributed by atoms with Gasteiger partial charge in [-0.1, -0.05) is 48.5 Å². The molecule has 0 spiro atoms. The zero-order valence-electron chi connectivity index (χ0n) is 11.6. The van der Waals surface area contributed by atoms with Crippen molar-refractivity contribution < 1.29 is 10.2 Å². The molecule has 0 unspecified atom stereocenters. The van der Waals surface area contributed by atoms with E-state index in [9.17, 15) is 10.2 Å². The summed E-state index contributed by atoms with van der Waals surface area (Å²) in [6, 6.07) is 17.2. The molecule has 1 fully saturated rings. The van der Waals surface area contributed by atoms with Crippen LogP contribution >= 0.6 is 23.5 Å². The minimum absolute atomic E-state index is 0.263. The zero-order valence-corrected chi connectivity index (χ0v) is 13.2. The van der Waals surface area contributed by atoms with Crippen LogP contribution in [0.2, 0.25) is 0 Å². The Kier molecular flexibility index (Phi) is 4.48. The van der Waals surface area contributed by atoms with E-state index >= 15 is 0 Å². The average molecular weight is 318 g/mol. The number of thioether (sulfide) groups is 2. The van der Waals surface area contributed by atoms with Crippen molar-refractivity contribution in [2.45, 2.75) is 16.6 Å². The van der Waals surface area contributed by atoms with Crippen molar-refractivity contribution in [1.82, 2.24) is 0 Å². The van der Waals surface area contributed by atoms with E-state index in [1.54, 1.807) is 6.07 Å². The maximum atomic E-state index is 10.6. The van der Waals surface area contributed by atoms with Gasteiger partial charge in [-0.25, -0.2) is 0 Å². The van der Waals surface area contributed by atoms with Gasteiger partial charge in [-0.05, 0) is 11.6 Å². The fraction of sp³-hybridized carbons (Fsp3) is 0.294. The third-order valence-corrected chi connectivity index (χ3v) is 7.20. The summed E-state index contributed by atoms with van der Waals surface area (Å²) in [4.78, 5) is 0. The molecule has 4 heteroatoms. The normalized spacial score (nSPS) is 18.5. The van der Waals surface area contributed by atoms with E-state index in [1.165, 1.54) is 0 Å². The van der Waals surface area contributed by atoms with Crippen LogP contribution < -0.4 is 0 Å². The summed E-state index contributed by atoms with van der Waals surface area (Å²) < 4.78 is -0.263. The molecule has 1 heterocycles. The molecule has 1 saturated heterocycles. The summed E-state index contributed by atoms with van der Waals surface area (Å²) in [5.74, 6) is 2.40. The lowest BCUT2D eigenvalue weighted by Gasteiger charge is -2.31. The molecule has 2 aromatic rings. The zero-order chi connectivity index (χ0) is 14.7. The van der Waals surface area contributed by atoms with E-state index < -0.39 is 6.10 Å². The van der Waals surface area contributed by atoms with Gasteiger partial charge in [-0.15, -0.1) is 23.5 Å². The first-order valence-electron chi connectivity index (χ1n) is 7.01. The van der Waals surface area contributed by atoms with Crippen molar-refractivity contribution >= 4 is 23.5 Å². The van der Waals surface area contributed by atoms with E-state index in [-0.39, 0.29) is 4.08 Å². The maximum absolute atomic E-state index is 10.6. The van der Waals surface area contributed by atoms with Gasteiger partial charge in [0.2, 0.25) is 0 Å². The average Bonchev–Trinajstić information content (AvgIpc) is 2.98. The van der Waals surface area contributed by atoms with Crippen LogP contribution in [-0.4, -0.2) is 21.7 Å². The van der Waals surface area contributed by atoms with Crippen LogP contribution in [0.4, 0.5) is 0 Å². The number of phenols is 1. The smallest absolute Gasteiger partial charge is 0.121 e. The number of phenolic OH excluding ortho intramolecular Hbond substituents is 1. The van der Waals surface area contributed by atoms with Gasteiger partial charge >= 0.3 is 0 Å². The summed E-state index contributed by atoms with van der Waals surface area (Å²) in [7, 11) is 0. The molecule has 21 heavy (non-hydrogen) atoms. The Morgan fingerprint density at radius 2 is 1.57 bits per heavy atom. The predicted octanol–water partition coefficient (Wildman–Crippen LogP) is 4.15. The molecular formula is C17H18O2S2. The Morgan fingerprint density at radius 3 is 2.24 bits per heavy atom. The molecule has 2 N–H and O–H groups in total. The molecule has 110 valence electrons. The van der Waals surface area contributed by atoms with E-state index in [2.05, 4.69) is 0 Å². The highest BCUT2D eigenvalue weighted by Gasteiger charge is 2.41. The summed E-state index contributed by atoms with van der Waals surface area (Å²) in [6.45, 7) is 0. The Balaban J connectivity index is 1.90. The summed E-state index contributed by atoms with van der Waals surface area (Å²) in [6.07, 6.45) is 0.0770. The Labute approximate surface area is 133 Å². The minimum atomic E-state index is -0.524. The molecule has 2 nitrogen and oxygen atoms in total. The first-order chi connectivity index (χ1) is 10.2. The summed E-state index contributed by atoms with van der Waals surface area (Å²) in [5, 5.41) is 20.8. The fourth-order valence-corrected chi connectivity index (χ4v) is 6.05. The van der Waals surface area contributed by atoms with Crippen LogP contribution in [0.3, 0.4) is 0 Å². The van der Waals surface area contributed by atoms with Gasteiger partial charge in [-0.3, -0.25) is 0 Å². The van der Waals surface area contributed by atoms with Crippen molar-refractivity contribution in [2.75, 3.05) is 11.5 Å². The standard InChI is InChI=1S/C17H18O2S2/c18-15-9-5-4-8-14(15)17(20-10-11-21-17)12-16(19)13-6-2-1-3-7-13/h1-9,16,18-19H,10-12H2/t16-/m1/s1. The highest BCUT2D eigenvalue weighted by Crippen LogP contribution is 2.58. The summed E-state index contributed by atoms with van der Waals surface area (Å²) in [5.41, 5.74) is 1.85. The lowest BCUT2D eigenvalue weighted by atomic mass is 10.00. The number of aliphatic hydroxyl groups is 1. The SMILES string of the molecule is Oc1ccccc1C1(C[C@@H](O)c2ccccc2)SCCS1. The molecular weight excluding hydrogens is 300 g/mol. The van der Waals surface area contributed by atoms with Gasteiger partial charge in [0.1, 0.15) is 5.75 Å². The van der Waals surface area contributed by atoms with Crippen LogP contribution in [0.5, 0.6) is 5.75 Å². The lowest BCUT2D eigenvalue weighted by Crippen LogP contribution is -2.19. The Bertz CT molecular complexity index is 595. The van der Waals surface area contributed by atoms with E-state index in [1.807, 2.05) is 72.1 Å². The quantitative estimate of drug-likeness (QED) is 0.888. The molecule has 0 bridgehead atoms. The molecule has 0 saturated carbocycles. The second-order valence-electron chi connectivity index (χ2n) is 5.10. The number of para-hydroxylation sites is 1. The number of aliphatic hydroxyl groups excluding tert-OH is 1. The third-order valence-electron chi connectivity index (χ3n) is 3.71. The second-order valence-corrected chi connectivity index (χ2v) is 8.14. The molecule has 1 atom stereocenters. The maximum Gasteiger partial charge on any atom is 0.121 e. The Morgan fingerprint density at radius 1 is 0.952 bits per heavy atom. The number of hydrogen-bond donors (Lipinski definition) is 2. The molecule has 2 aromatic carbocycles. The van der Waals surface area contributed by atoms with Crippen LogP contribution in [-0.2, 0) is 4.08 Å². The van der Waals surface area contributed by atoms with Gasteiger partial charge in [-0.2, -0.15) is 0 Å². The van der Waals surface area contributed by atoms with Crippen molar-refractivity contribution in [3.63, 3.8) is 0 Å². The topological polar surface area (TPSA) is 40.5 Å². The molecule has 0 amide bonds. The Hall–Kier alpha value is -1.10. The van der Waals surface area contributed by atoms with Gasteiger partial charge in [0.25, 0.3) is 0 Å². The third kappa shape index (κ3) is 3.07. The van der Waals surface area contributed by atoms with Gasteiger partial charge < -0.3 is 10.2 Å². The van der Waals surface area contributed by atoms with Crippen LogP contribution in [0.1, 0.15) is 23.7 Å². The molecule has 3 rings (SSSR count). The molecule has 1 aliphatic heterocycles. The largest absolute Gasteiger partial charge is 0.508 e. The molecule has 0 aromatic heterocycles. The van der Waals surface area contributed by atoms with Crippen LogP contribution in [0.25, 0.3) is 0 Å². The van der Waals surface area contributed by atoms with Gasteiger partial charge in [0, 0.05) is 23.5 Å². The second kappa shape index (κ2) is 6.34. The lowest BCUT2D eigenvalue weighted by molar-refractivity contribution is 0.163. The molecule has 1 aliphatic rings. The first kappa shape index (κ1) is 14.8. The summed E-state index contributed by atoms with van der Waals surface area (Å²) >= 11 is 3.65. The van der Waals surface area contributed by atoms with E-state index in [0.29, 0.717) is 12.2 Å². The van der Waals surface area contributed by atoms with Crippen molar-refractivity contribution in [2.24, 2.45) is 0 Å². The van der Waals surface area contributed by atoms with Crippen molar-refractivity contribution in [1.29, 1.82) is 0 Å². The van der Waals surface area contributed by atoms with Gasteiger partial charge in [0.05, 0.1) is 10.2 Å². The monoisotopic (exact) mass is 318 g/mol. The van der Waals surface area contributed by atoms with E-state index in [0.717, 1.165) is 22.6 Å². The predicted molar refractivity (Wildman–Crippen MR) is 90.7 cm³/mol. The molecule has 0 aliphatic carbocycles. The minimum Gasteiger partial charge on any atom is -0.508 e. The van der Waals surface area contributed by atoms with Crippen molar-refractivity contribution in [3.05, 3.63) is 65.7 Å². The number of benzene rings is 2.